The molecule has 0 saturated carbocycles. The van der Waals surface area contributed by atoms with Crippen LogP contribution in [0.4, 0.5) is 0 Å². The molecule has 0 aliphatic carbocycles. The average Bonchev–Trinajstić information content (AvgIpc) is 2.40. The van der Waals surface area contributed by atoms with Crippen molar-refractivity contribution in [1.82, 2.24) is 10.3 Å². The molecule has 0 radical (unpaired) electrons. The summed E-state index contributed by atoms with van der Waals surface area (Å²) in [4.78, 5) is 4.18. The topological polar surface area (TPSA) is 65.4 Å². The number of nitrogens with one attached hydrogen (secondary N) is 1. The standard InChI is InChI=1S/C14H16N2O2/c17-13-6-4-11(5-7-13)14(18)10-15-9-12-3-1-2-8-16-12/h1-8,14-15,17-18H,9-10H2. The third kappa shape index (κ3) is 3.55. The maximum Gasteiger partial charge on any atom is 0.115 e. The average molecular weight is 244 g/mol. The first-order chi connectivity index (χ1) is 8.75. The fourth-order valence-electron chi connectivity index (χ4n) is 1.65. The van der Waals surface area contributed by atoms with E-state index < -0.39 is 6.10 Å². The van der Waals surface area contributed by atoms with Crippen LogP contribution in [-0.2, 0) is 6.54 Å². The van der Waals surface area contributed by atoms with Crippen LogP contribution >= 0.6 is 0 Å². The Balaban J connectivity index is 1.81. The smallest absolute Gasteiger partial charge is 0.115 e. The second-order valence-electron chi connectivity index (χ2n) is 4.06. The van der Waals surface area contributed by atoms with Gasteiger partial charge in [0.15, 0.2) is 0 Å². The van der Waals surface area contributed by atoms with Gasteiger partial charge in [0.2, 0.25) is 0 Å². The first-order valence-corrected chi connectivity index (χ1v) is 5.83. The first-order valence-electron chi connectivity index (χ1n) is 5.83. The molecular formula is C14H16N2O2. The number of aromatic hydroxyl groups is 1. The summed E-state index contributed by atoms with van der Waals surface area (Å²) in [5, 5.41) is 22.2. The van der Waals surface area contributed by atoms with E-state index in [1.807, 2.05) is 18.2 Å². The number of rotatable bonds is 5. The molecule has 1 unspecified atom stereocenters. The minimum absolute atomic E-state index is 0.201. The van der Waals surface area contributed by atoms with Gasteiger partial charge >= 0.3 is 0 Å². The Bertz CT molecular complexity index is 471. The Morgan fingerprint density at radius 3 is 2.56 bits per heavy atom. The monoisotopic (exact) mass is 244 g/mol. The molecule has 1 aromatic carbocycles. The number of phenols is 1. The van der Waals surface area contributed by atoms with Crippen LogP contribution in [0.15, 0.2) is 48.7 Å². The summed E-state index contributed by atoms with van der Waals surface area (Å²) in [6.45, 7) is 1.07. The Morgan fingerprint density at radius 2 is 1.89 bits per heavy atom. The second kappa shape index (κ2) is 6.14. The number of hydrogen-bond acceptors (Lipinski definition) is 4. The summed E-state index contributed by atoms with van der Waals surface area (Å²) < 4.78 is 0. The highest BCUT2D eigenvalue weighted by atomic mass is 16.3. The van der Waals surface area contributed by atoms with Crippen LogP contribution in [0.2, 0.25) is 0 Å². The molecule has 1 atom stereocenters. The summed E-state index contributed by atoms with van der Waals surface area (Å²) in [6.07, 6.45) is 1.15. The Kier molecular flexibility index (Phi) is 4.28. The number of hydrogen-bond donors (Lipinski definition) is 3. The predicted octanol–water partition coefficient (Wildman–Crippen LogP) is 1.61. The Hall–Kier alpha value is -1.91. The van der Waals surface area contributed by atoms with E-state index in [0.29, 0.717) is 13.1 Å². The van der Waals surface area contributed by atoms with Crippen molar-refractivity contribution in [1.29, 1.82) is 0 Å². The molecule has 3 N–H and O–H groups in total. The number of nitrogens with zero attached hydrogens (tertiary/aromatic N) is 1. The molecule has 1 aromatic heterocycles. The van der Waals surface area contributed by atoms with Gasteiger partial charge in [0.1, 0.15) is 5.75 Å². The van der Waals surface area contributed by atoms with Gasteiger partial charge in [0.25, 0.3) is 0 Å². The van der Waals surface area contributed by atoms with Crippen LogP contribution < -0.4 is 5.32 Å². The fourth-order valence-corrected chi connectivity index (χ4v) is 1.65. The highest BCUT2D eigenvalue weighted by Crippen LogP contribution is 2.16. The van der Waals surface area contributed by atoms with Gasteiger partial charge in [0.05, 0.1) is 11.8 Å². The SMILES string of the molecule is Oc1ccc(C(O)CNCc2ccccn2)cc1. The lowest BCUT2D eigenvalue weighted by Crippen LogP contribution is -2.21. The third-order valence-corrected chi connectivity index (χ3v) is 2.65. The Morgan fingerprint density at radius 1 is 1.11 bits per heavy atom. The summed E-state index contributed by atoms with van der Waals surface area (Å²) in [7, 11) is 0. The molecule has 94 valence electrons. The van der Waals surface area contributed by atoms with E-state index in [1.165, 1.54) is 0 Å². The molecule has 4 heteroatoms. The van der Waals surface area contributed by atoms with Gasteiger partial charge in [-0.1, -0.05) is 18.2 Å². The van der Waals surface area contributed by atoms with Gasteiger partial charge in [-0.3, -0.25) is 4.98 Å². The van der Waals surface area contributed by atoms with E-state index in [4.69, 9.17) is 5.11 Å². The molecule has 4 nitrogen and oxygen atoms in total. The normalized spacial score (nSPS) is 12.3. The largest absolute Gasteiger partial charge is 0.508 e. The molecule has 0 fully saturated rings. The van der Waals surface area contributed by atoms with Crippen LogP contribution in [0.25, 0.3) is 0 Å². The zero-order valence-corrected chi connectivity index (χ0v) is 9.95. The Labute approximate surface area is 106 Å². The minimum Gasteiger partial charge on any atom is -0.508 e. The van der Waals surface area contributed by atoms with Gasteiger partial charge < -0.3 is 15.5 Å². The van der Waals surface area contributed by atoms with Gasteiger partial charge in [-0.25, -0.2) is 0 Å². The minimum atomic E-state index is -0.589. The number of phenolic OH excluding ortho intramolecular Hbond substituents is 1. The molecule has 2 rings (SSSR count). The van der Waals surface area contributed by atoms with Crippen LogP contribution in [-0.4, -0.2) is 21.7 Å². The van der Waals surface area contributed by atoms with Crippen molar-refractivity contribution >= 4 is 0 Å². The zero-order chi connectivity index (χ0) is 12.8. The van der Waals surface area contributed by atoms with Gasteiger partial charge in [0, 0.05) is 19.3 Å². The molecule has 0 amide bonds. The predicted molar refractivity (Wildman–Crippen MR) is 69.0 cm³/mol. The van der Waals surface area contributed by atoms with Crippen molar-refractivity contribution < 1.29 is 10.2 Å². The number of benzene rings is 1. The maximum absolute atomic E-state index is 9.92. The quantitative estimate of drug-likeness (QED) is 0.747. The van der Waals surface area contributed by atoms with Crippen molar-refractivity contribution in [3.05, 3.63) is 59.9 Å². The summed E-state index contributed by atoms with van der Waals surface area (Å²) in [6, 6.07) is 12.3. The van der Waals surface area contributed by atoms with Crippen molar-refractivity contribution in [2.24, 2.45) is 0 Å². The van der Waals surface area contributed by atoms with Gasteiger partial charge in [-0.15, -0.1) is 0 Å². The van der Waals surface area contributed by atoms with E-state index in [9.17, 15) is 5.11 Å². The molecule has 0 saturated heterocycles. The third-order valence-electron chi connectivity index (χ3n) is 2.65. The van der Waals surface area contributed by atoms with E-state index in [2.05, 4.69) is 10.3 Å². The van der Waals surface area contributed by atoms with Crippen LogP contribution in [0.5, 0.6) is 5.75 Å². The van der Waals surface area contributed by atoms with E-state index in [0.717, 1.165) is 11.3 Å². The summed E-state index contributed by atoms with van der Waals surface area (Å²) >= 11 is 0. The highest BCUT2D eigenvalue weighted by Gasteiger charge is 2.06. The molecule has 1 heterocycles. The lowest BCUT2D eigenvalue weighted by Gasteiger charge is -2.12. The number of aliphatic hydroxyl groups is 1. The highest BCUT2D eigenvalue weighted by molar-refractivity contribution is 5.27. The molecule has 0 aliphatic heterocycles. The van der Waals surface area contributed by atoms with E-state index in [1.54, 1.807) is 30.5 Å². The van der Waals surface area contributed by atoms with Crippen molar-refractivity contribution in [3.8, 4) is 5.75 Å². The molecule has 0 spiro atoms. The summed E-state index contributed by atoms with van der Waals surface area (Å²) in [5.41, 5.74) is 1.72. The number of pyridine rings is 1. The lowest BCUT2D eigenvalue weighted by molar-refractivity contribution is 0.174. The van der Waals surface area contributed by atoms with Crippen LogP contribution in [0.1, 0.15) is 17.4 Å². The summed E-state index contributed by atoms with van der Waals surface area (Å²) in [5.74, 6) is 0.201. The van der Waals surface area contributed by atoms with Gasteiger partial charge in [-0.05, 0) is 29.8 Å². The number of aliphatic hydroxyl groups excluding tert-OH is 1. The van der Waals surface area contributed by atoms with Crippen molar-refractivity contribution in [3.63, 3.8) is 0 Å². The maximum atomic E-state index is 9.92. The van der Waals surface area contributed by atoms with Crippen LogP contribution in [0, 0.1) is 0 Å². The number of aromatic nitrogens is 1. The lowest BCUT2D eigenvalue weighted by atomic mass is 10.1. The van der Waals surface area contributed by atoms with Gasteiger partial charge in [-0.2, -0.15) is 0 Å². The molecular weight excluding hydrogens is 228 g/mol. The molecule has 2 aromatic rings. The molecule has 0 aliphatic rings. The molecule has 18 heavy (non-hydrogen) atoms. The first kappa shape index (κ1) is 12.5. The van der Waals surface area contributed by atoms with Crippen molar-refractivity contribution in [2.45, 2.75) is 12.6 Å². The molecule has 0 bridgehead atoms. The fraction of sp³-hybridized carbons (Fsp3) is 0.214. The zero-order valence-electron chi connectivity index (χ0n) is 9.95. The van der Waals surface area contributed by atoms with Crippen LogP contribution in [0.3, 0.4) is 0 Å². The van der Waals surface area contributed by atoms with E-state index in [-0.39, 0.29) is 5.75 Å². The van der Waals surface area contributed by atoms with Crippen molar-refractivity contribution in [2.75, 3.05) is 6.54 Å². The van der Waals surface area contributed by atoms with E-state index >= 15 is 0 Å². The second-order valence-corrected chi connectivity index (χ2v) is 4.06.